The van der Waals surface area contributed by atoms with E-state index in [1.165, 1.54) is 6.07 Å². The minimum Gasteiger partial charge on any atom is -0.465 e. The van der Waals surface area contributed by atoms with Gasteiger partial charge in [-0.15, -0.1) is 0 Å². The number of hydrogen-bond acceptors (Lipinski definition) is 2. The van der Waals surface area contributed by atoms with Crippen LogP contribution >= 0.6 is 0 Å². The maximum Gasteiger partial charge on any atom is 0.316 e. The highest BCUT2D eigenvalue weighted by Crippen LogP contribution is 2.35. The molecule has 1 atom stereocenters. The van der Waals surface area contributed by atoms with Crippen molar-refractivity contribution in [3.63, 3.8) is 0 Å². The van der Waals surface area contributed by atoms with Crippen LogP contribution in [0.1, 0.15) is 33.3 Å². The minimum absolute atomic E-state index is 0.164. The lowest BCUT2D eigenvalue weighted by atomic mass is 9.73. The molecule has 1 aromatic rings. The van der Waals surface area contributed by atoms with Gasteiger partial charge in [-0.05, 0) is 25.8 Å². The van der Waals surface area contributed by atoms with Gasteiger partial charge in [0.25, 0.3) is 0 Å². The molecule has 2 nitrogen and oxygen atoms in total. The predicted octanol–water partition coefficient (Wildman–Crippen LogP) is 3.44. The quantitative estimate of drug-likeness (QED) is 0.771. The topological polar surface area (TPSA) is 26.3 Å². The number of ether oxygens (including phenoxy) is 1. The van der Waals surface area contributed by atoms with Gasteiger partial charge in [0, 0.05) is 11.6 Å². The third-order valence-corrected chi connectivity index (χ3v) is 3.34. The number of carbonyl (C=O) groups is 1. The molecule has 0 aliphatic heterocycles. The van der Waals surface area contributed by atoms with Crippen molar-refractivity contribution in [2.75, 3.05) is 6.61 Å². The summed E-state index contributed by atoms with van der Waals surface area (Å²) < 4.78 is 31.8. The molecule has 18 heavy (non-hydrogen) atoms. The first-order valence-electron chi connectivity index (χ1n) is 5.96. The third kappa shape index (κ3) is 2.52. The summed E-state index contributed by atoms with van der Waals surface area (Å²) in [4.78, 5) is 12.1. The van der Waals surface area contributed by atoms with Crippen LogP contribution in [0, 0.1) is 17.6 Å². The molecule has 100 valence electrons. The molecule has 0 saturated heterocycles. The smallest absolute Gasteiger partial charge is 0.316 e. The SMILES string of the molecule is CCOC(=O)C(C)(c1ccc(F)cc1F)C(C)C. The van der Waals surface area contributed by atoms with Gasteiger partial charge in [-0.1, -0.05) is 19.9 Å². The molecule has 4 heteroatoms. The molecule has 1 unspecified atom stereocenters. The first-order valence-corrected chi connectivity index (χ1v) is 5.96. The van der Waals surface area contributed by atoms with Crippen molar-refractivity contribution in [2.45, 2.75) is 33.1 Å². The molecule has 0 N–H and O–H groups in total. The molecule has 1 rings (SSSR count). The number of benzene rings is 1. The Morgan fingerprint density at radius 2 is 2.00 bits per heavy atom. The molecular weight excluding hydrogens is 238 g/mol. The fraction of sp³-hybridized carbons (Fsp3) is 0.500. The van der Waals surface area contributed by atoms with Gasteiger partial charge in [0.2, 0.25) is 0 Å². The third-order valence-electron chi connectivity index (χ3n) is 3.34. The van der Waals surface area contributed by atoms with Crippen LogP contribution in [0.2, 0.25) is 0 Å². The van der Waals surface area contributed by atoms with Crippen LogP contribution < -0.4 is 0 Å². The van der Waals surface area contributed by atoms with E-state index >= 15 is 0 Å². The Labute approximate surface area is 106 Å². The molecule has 0 aliphatic carbocycles. The summed E-state index contributed by atoms with van der Waals surface area (Å²) in [5.74, 6) is -2.05. The van der Waals surface area contributed by atoms with Crippen molar-refractivity contribution in [3.05, 3.63) is 35.4 Å². The Bertz CT molecular complexity index is 443. The van der Waals surface area contributed by atoms with Crippen LogP contribution in [0.4, 0.5) is 8.78 Å². The van der Waals surface area contributed by atoms with Gasteiger partial charge < -0.3 is 4.74 Å². The van der Waals surface area contributed by atoms with Crippen LogP contribution in [0.25, 0.3) is 0 Å². The van der Waals surface area contributed by atoms with Crippen molar-refractivity contribution >= 4 is 5.97 Å². The van der Waals surface area contributed by atoms with Gasteiger partial charge in [0.15, 0.2) is 0 Å². The predicted molar refractivity (Wildman–Crippen MR) is 65.2 cm³/mol. The lowest BCUT2D eigenvalue weighted by molar-refractivity contribution is -0.151. The Morgan fingerprint density at radius 3 is 2.44 bits per heavy atom. The lowest BCUT2D eigenvalue weighted by Gasteiger charge is -2.31. The highest BCUT2D eigenvalue weighted by atomic mass is 19.1. The number of hydrogen-bond donors (Lipinski definition) is 0. The van der Waals surface area contributed by atoms with E-state index < -0.39 is 23.0 Å². The first kappa shape index (κ1) is 14.6. The summed E-state index contributed by atoms with van der Waals surface area (Å²) >= 11 is 0. The second-order valence-electron chi connectivity index (χ2n) is 4.70. The lowest BCUT2D eigenvalue weighted by Crippen LogP contribution is -2.40. The van der Waals surface area contributed by atoms with E-state index in [9.17, 15) is 13.6 Å². The van der Waals surface area contributed by atoms with E-state index in [2.05, 4.69) is 0 Å². The van der Waals surface area contributed by atoms with Crippen LogP contribution in [0.5, 0.6) is 0 Å². The zero-order valence-electron chi connectivity index (χ0n) is 11.1. The van der Waals surface area contributed by atoms with Crippen LogP contribution in [-0.4, -0.2) is 12.6 Å². The zero-order valence-corrected chi connectivity index (χ0v) is 11.1. The Balaban J connectivity index is 3.31. The van der Waals surface area contributed by atoms with E-state index in [1.807, 2.05) is 0 Å². The molecule has 0 aromatic heterocycles. The van der Waals surface area contributed by atoms with Crippen LogP contribution in [0.15, 0.2) is 18.2 Å². The van der Waals surface area contributed by atoms with Gasteiger partial charge in [-0.3, -0.25) is 4.79 Å². The average Bonchev–Trinajstić information content (AvgIpc) is 2.28. The summed E-state index contributed by atoms with van der Waals surface area (Å²) in [6.45, 7) is 7.15. The van der Waals surface area contributed by atoms with E-state index in [-0.39, 0.29) is 18.1 Å². The summed E-state index contributed by atoms with van der Waals surface area (Å²) in [5.41, 5.74) is -0.953. The summed E-state index contributed by atoms with van der Waals surface area (Å²) in [5, 5.41) is 0. The van der Waals surface area contributed by atoms with E-state index in [1.54, 1.807) is 27.7 Å². The Kier molecular flexibility index (Phi) is 4.43. The maximum absolute atomic E-state index is 13.9. The monoisotopic (exact) mass is 256 g/mol. The second kappa shape index (κ2) is 5.46. The van der Waals surface area contributed by atoms with Crippen molar-refractivity contribution in [3.8, 4) is 0 Å². The molecule has 0 fully saturated rings. The van der Waals surface area contributed by atoms with Gasteiger partial charge in [0.1, 0.15) is 11.6 Å². The molecular formula is C14H18F2O2. The standard InChI is InChI=1S/C14H18F2O2/c1-5-18-13(17)14(4,9(2)3)11-7-6-10(15)8-12(11)16/h6-9H,5H2,1-4H3. The number of carbonyl (C=O) groups excluding carboxylic acids is 1. The van der Waals surface area contributed by atoms with E-state index in [0.717, 1.165) is 12.1 Å². The fourth-order valence-electron chi connectivity index (χ4n) is 1.85. The van der Waals surface area contributed by atoms with Gasteiger partial charge in [-0.25, -0.2) is 8.78 Å². The second-order valence-corrected chi connectivity index (χ2v) is 4.70. The van der Waals surface area contributed by atoms with Crippen molar-refractivity contribution in [1.29, 1.82) is 0 Å². The van der Waals surface area contributed by atoms with E-state index in [4.69, 9.17) is 4.74 Å². The highest BCUT2D eigenvalue weighted by molar-refractivity contribution is 5.83. The summed E-state index contributed by atoms with van der Waals surface area (Å²) in [7, 11) is 0. The maximum atomic E-state index is 13.9. The van der Waals surface area contributed by atoms with Crippen molar-refractivity contribution in [1.82, 2.24) is 0 Å². The summed E-state index contributed by atoms with van der Waals surface area (Å²) in [6.07, 6.45) is 0. The molecule has 0 amide bonds. The molecule has 0 spiro atoms. The molecule has 0 heterocycles. The normalized spacial score (nSPS) is 14.4. The van der Waals surface area contributed by atoms with Crippen LogP contribution in [0.3, 0.4) is 0 Å². The number of halogens is 2. The number of rotatable bonds is 4. The van der Waals surface area contributed by atoms with Gasteiger partial charge in [-0.2, -0.15) is 0 Å². The van der Waals surface area contributed by atoms with Crippen molar-refractivity contribution < 1.29 is 18.3 Å². The fourth-order valence-corrected chi connectivity index (χ4v) is 1.85. The molecule has 0 aliphatic rings. The zero-order chi connectivity index (χ0) is 13.9. The summed E-state index contributed by atoms with van der Waals surface area (Å²) in [6, 6.07) is 3.25. The van der Waals surface area contributed by atoms with Crippen molar-refractivity contribution in [2.24, 2.45) is 5.92 Å². The Hall–Kier alpha value is -1.45. The molecule has 0 bridgehead atoms. The molecule has 0 saturated carbocycles. The first-order chi connectivity index (χ1) is 8.33. The van der Waals surface area contributed by atoms with Crippen LogP contribution in [-0.2, 0) is 14.9 Å². The minimum atomic E-state index is -1.12. The van der Waals surface area contributed by atoms with E-state index in [0.29, 0.717) is 0 Å². The highest BCUT2D eigenvalue weighted by Gasteiger charge is 2.41. The largest absolute Gasteiger partial charge is 0.465 e. The van der Waals surface area contributed by atoms with Gasteiger partial charge >= 0.3 is 5.97 Å². The molecule has 1 aromatic carbocycles. The van der Waals surface area contributed by atoms with Gasteiger partial charge in [0.05, 0.1) is 12.0 Å². The average molecular weight is 256 g/mol. The molecule has 0 radical (unpaired) electrons. The Morgan fingerprint density at radius 1 is 1.39 bits per heavy atom. The number of esters is 1.